The molecule has 2 atom stereocenters. The Bertz CT molecular complexity index is 188. The van der Waals surface area contributed by atoms with E-state index in [1.54, 1.807) is 0 Å². The van der Waals surface area contributed by atoms with Crippen LogP contribution in [0.3, 0.4) is 0 Å². The minimum Gasteiger partial charge on any atom is -0.161 e. The maximum absolute atomic E-state index is 2.29. The van der Waals surface area contributed by atoms with Gasteiger partial charge in [-0.15, -0.1) is 0 Å². The second-order valence-electron chi connectivity index (χ2n) is 5.03. The van der Waals surface area contributed by atoms with Gasteiger partial charge in [-0.05, 0) is 48.7 Å². The second kappa shape index (κ2) is 10.2. The molecule has 0 nitrogen and oxygen atoms in total. The molecule has 1 saturated heterocycles. The third kappa shape index (κ3) is 6.23. The van der Waals surface area contributed by atoms with Crippen LogP contribution in [0.25, 0.3) is 0 Å². The molecule has 0 unspecified atom stereocenters. The van der Waals surface area contributed by atoms with E-state index in [0.29, 0.717) is 0 Å². The minimum atomic E-state index is 0.976. The minimum absolute atomic E-state index is 0.976. The Morgan fingerprint density at radius 3 is 1.50 bits per heavy atom. The Kier molecular flexibility index (Phi) is 8.92. The Labute approximate surface area is 130 Å². The molecule has 106 valence electrons. The zero-order valence-electron chi connectivity index (χ0n) is 11.3. The molecule has 0 aromatic carbocycles. The highest BCUT2D eigenvalue weighted by Gasteiger charge is 2.25. The van der Waals surface area contributed by atoms with Crippen molar-refractivity contribution in [3.63, 3.8) is 0 Å². The van der Waals surface area contributed by atoms with Crippen molar-refractivity contribution >= 4 is 47.0 Å². The van der Waals surface area contributed by atoms with E-state index in [4.69, 9.17) is 0 Å². The van der Waals surface area contributed by atoms with Crippen molar-refractivity contribution in [1.82, 2.24) is 0 Å². The van der Waals surface area contributed by atoms with Crippen molar-refractivity contribution in [1.29, 1.82) is 0 Å². The maximum Gasteiger partial charge on any atom is 0.0166 e. The highest BCUT2D eigenvalue weighted by molar-refractivity contribution is 8.04. The summed E-state index contributed by atoms with van der Waals surface area (Å²) < 4.78 is 0. The maximum atomic E-state index is 2.29. The molecular weight excluding hydrogens is 296 g/mol. The fraction of sp³-hybridized carbons (Fsp3) is 1.00. The molecule has 0 amide bonds. The van der Waals surface area contributed by atoms with Gasteiger partial charge in [-0.1, -0.05) is 12.8 Å². The smallest absolute Gasteiger partial charge is 0.0166 e. The number of rotatable bonds is 0. The monoisotopic (exact) mass is 322 g/mol. The molecule has 0 aromatic heterocycles. The first-order chi connectivity index (χ1) is 8.97. The van der Waals surface area contributed by atoms with Crippen molar-refractivity contribution in [2.24, 2.45) is 0 Å². The summed E-state index contributed by atoms with van der Waals surface area (Å²) in [5, 5.41) is 1.95. The van der Waals surface area contributed by atoms with Gasteiger partial charge in [-0.2, -0.15) is 47.0 Å². The Balaban J connectivity index is 1.75. The van der Waals surface area contributed by atoms with E-state index in [2.05, 4.69) is 47.0 Å². The van der Waals surface area contributed by atoms with Gasteiger partial charge < -0.3 is 0 Å². The van der Waals surface area contributed by atoms with E-state index in [-0.39, 0.29) is 0 Å². The number of fused-ring (bicyclic) bond motifs is 1. The predicted octanol–water partition coefficient (Wildman–Crippen LogP) is 5.02. The average molecular weight is 323 g/mol. The summed E-state index contributed by atoms with van der Waals surface area (Å²) in [4.78, 5) is 0. The lowest BCUT2D eigenvalue weighted by atomic mass is 10.00. The van der Waals surface area contributed by atoms with Crippen molar-refractivity contribution in [3.05, 3.63) is 0 Å². The molecule has 0 spiro atoms. The summed E-state index contributed by atoms with van der Waals surface area (Å²) in [6, 6.07) is 0. The fourth-order valence-corrected chi connectivity index (χ4v) is 8.04. The van der Waals surface area contributed by atoms with Crippen LogP contribution in [0.4, 0.5) is 0 Å². The van der Waals surface area contributed by atoms with Crippen molar-refractivity contribution in [3.8, 4) is 0 Å². The first-order valence-corrected chi connectivity index (χ1v) is 11.8. The lowest BCUT2D eigenvalue weighted by Crippen LogP contribution is -2.25. The first kappa shape index (κ1) is 15.8. The van der Waals surface area contributed by atoms with Crippen molar-refractivity contribution in [2.45, 2.75) is 49.0 Å². The summed E-state index contributed by atoms with van der Waals surface area (Å²) in [6.07, 6.45) is 8.80. The second-order valence-corrected chi connectivity index (χ2v) is 10.2. The number of hydrogen-bond acceptors (Lipinski definition) is 4. The third-order valence-corrected chi connectivity index (χ3v) is 9.15. The topological polar surface area (TPSA) is 0 Å². The van der Waals surface area contributed by atoms with Gasteiger partial charge in [-0.25, -0.2) is 0 Å². The van der Waals surface area contributed by atoms with Crippen LogP contribution in [0.1, 0.15) is 38.5 Å². The van der Waals surface area contributed by atoms with Crippen molar-refractivity contribution < 1.29 is 0 Å². The van der Waals surface area contributed by atoms with Crippen LogP contribution >= 0.6 is 47.0 Å². The van der Waals surface area contributed by atoms with Crippen LogP contribution in [0.15, 0.2) is 0 Å². The van der Waals surface area contributed by atoms with Gasteiger partial charge in [0, 0.05) is 22.0 Å². The van der Waals surface area contributed by atoms with Gasteiger partial charge in [-0.3, -0.25) is 0 Å². The molecule has 2 aliphatic rings. The lowest BCUT2D eigenvalue weighted by Gasteiger charge is -2.31. The van der Waals surface area contributed by atoms with Gasteiger partial charge >= 0.3 is 0 Å². The molecule has 0 radical (unpaired) electrons. The average Bonchev–Trinajstić information content (AvgIpc) is 2.41. The fourth-order valence-electron chi connectivity index (χ4n) is 2.56. The molecule has 2 fully saturated rings. The molecule has 0 bridgehead atoms. The first-order valence-electron chi connectivity index (χ1n) is 7.35. The number of hydrogen-bond donors (Lipinski definition) is 0. The third-order valence-electron chi connectivity index (χ3n) is 3.54. The van der Waals surface area contributed by atoms with E-state index in [1.807, 2.05) is 0 Å². The van der Waals surface area contributed by atoms with Gasteiger partial charge in [0.2, 0.25) is 0 Å². The van der Waals surface area contributed by atoms with Crippen LogP contribution in [0, 0.1) is 0 Å². The summed E-state index contributed by atoms with van der Waals surface area (Å²) in [5.41, 5.74) is 0. The van der Waals surface area contributed by atoms with E-state index >= 15 is 0 Å². The van der Waals surface area contributed by atoms with Gasteiger partial charge in [0.25, 0.3) is 0 Å². The van der Waals surface area contributed by atoms with Crippen LogP contribution in [0.2, 0.25) is 0 Å². The molecule has 4 heteroatoms. The Morgan fingerprint density at radius 1 is 0.500 bits per heavy atom. The standard InChI is InChI=1S/C14H26S4/c1-2-6-14-13(5-1)17-9-3-7-15-11-12-16-8-4-10-18-14/h13-14H,1-12H2/t13-,14-/m1/s1. The zero-order chi connectivity index (χ0) is 12.5. The number of thioether (sulfide) groups is 4. The van der Waals surface area contributed by atoms with E-state index < -0.39 is 0 Å². The lowest BCUT2D eigenvalue weighted by molar-refractivity contribution is 0.527. The molecule has 0 N–H and O–H groups in total. The zero-order valence-corrected chi connectivity index (χ0v) is 14.5. The van der Waals surface area contributed by atoms with Crippen LogP contribution in [0.5, 0.6) is 0 Å². The van der Waals surface area contributed by atoms with Crippen molar-refractivity contribution in [2.75, 3.05) is 34.5 Å². The molecular formula is C14H26S4. The van der Waals surface area contributed by atoms with Gasteiger partial charge in [0.15, 0.2) is 0 Å². The molecule has 1 aliphatic carbocycles. The quantitative estimate of drug-likeness (QED) is 0.613. The molecule has 18 heavy (non-hydrogen) atoms. The summed E-state index contributed by atoms with van der Waals surface area (Å²) >= 11 is 8.92. The Morgan fingerprint density at radius 2 is 1.00 bits per heavy atom. The summed E-state index contributed by atoms with van der Waals surface area (Å²) in [6.45, 7) is 0. The summed E-state index contributed by atoms with van der Waals surface area (Å²) in [7, 11) is 0. The van der Waals surface area contributed by atoms with E-state index in [9.17, 15) is 0 Å². The molecule has 2 rings (SSSR count). The molecule has 1 heterocycles. The van der Waals surface area contributed by atoms with Gasteiger partial charge in [0.05, 0.1) is 0 Å². The van der Waals surface area contributed by atoms with E-state index in [0.717, 1.165) is 10.5 Å². The SMILES string of the molecule is C1CSCCSCCCS[C@@H]2CCCC[C@H]2SC1. The molecule has 1 saturated carbocycles. The highest BCUT2D eigenvalue weighted by Crippen LogP contribution is 2.37. The molecule has 0 aromatic rings. The summed E-state index contributed by atoms with van der Waals surface area (Å²) in [5.74, 6) is 8.32. The normalized spacial score (nSPS) is 33.3. The highest BCUT2D eigenvalue weighted by atomic mass is 32.2. The predicted molar refractivity (Wildman–Crippen MR) is 94.8 cm³/mol. The van der Waals surface area contributed by atoms with Gasteiger partial charge in [0.1, 0.15) is 0 Å². The largest absolute Gasteiger partial charge is 0.161 e. The molecule has 1 aliphatic heterocycles. The van der Waals surface area contributed by atoms with Crippen LogP contribution in [-0.4, -0.2) is 45.0 Å². The Hall–Kier alpha value is 1.40. The van der Waals surface area contributed by atoms with Crippen LogP contribution in [-0.2, 0) is 0 Å². The van der Waals surface area contributed by atoms with E-state index in [1.165, 1.54) is 73.0 Å². The van der Waals surface area contributed by atoms with Crippen LogP contribution < -0.4 is 0 Å².